The zero-order valence-electron chi connectivity index (χ0n) is 12.1. The minimum atomic E-state index is -3.02. The highest BCUT2D eigenvalue weighted by Gasteiger charge is 2.15. The van der Waals surface area contributed by atoms with Crippen molar-refractivity contribution in [2.75, 3.05) is 23.4 Å². The Balaban J connectivity index is 2.81. The molecule has 1 aromatic carbocycles. The average Bonchev–Trinajstić information content (AvgIpc) is 2.37. The summed E-state index contributed by atoms with van der Waals surface area (Å²) >= 11 is 5.98. The van der Waals surface area contributed by atoms with Crippen LogP contribution in [0.5, 0.6) is 5.75 Å². The van der Waals surface area contributed by atoms with Gasteiger partial charge < -0.3 is 10.1 Å². The molecule has 6 heteroatoms. The quantitative estimate of drug-likeness (QED) is 0.798. The molecule has 0 amide bonds. The van der Waals surface area contributed by atoms with Crippen LogP contribution in [0.1, 0.15) is 27.2 Å². The number of halogens is 1. The smallest absolute Gasteiger partial charge is 0.152 e. The summed E-state index contributed by atoms with van der Waals surface area (Å²) in [6.07, 6.45) is 0.905. The first-order chi connectivity index (χ1) is 9.38. The van der Waals surface area contributed by atoms with Gasteiger partial charge in [0.2, 0.25) is 0 Å². The number of sulfone groups is 1. The van der Waals surface area contributed by atoms with Crippen molar-refractivity contribution in [3.05, 3.63) is 23.2 Å². The first-order valence-corrected chi connectivity index (χ1v) is 8.97. The maximum Gasteiger partial charge on any atom is 0.152 e. The molecule has 114 valence electrons. The lowest BCUT2D eigenvalue weighted by Gasteiger charge is -2.18. The predicted octanol–water partition coefficient (Wildman–Crippen LogP) is 3.36. The Labute approximate surface area is 126 Å². The summed E-state index contributed by atoms with van der Waals surface area (Å²) in [6.45, 7) is 6.12. The van der Waals surface area contributed by atoms with Crippen LogP contribution in [0.15, 0.2) is 18.2 Å². The molecule has 1 unspecified atom stereocenters. The molecular formula is C14H22ClNO3S. The van der Waals surface area contributed by atoms with Crippen molar-refractivity contribution in [2.45, 2.75) is 33.2 Å². The van der Waals surface area contributed by atoms with Gasteiger partial charge >= 0.3 is 0 Å². The summed E-state index contributed by atoms with van der Waals surface area (Å²) in [6, 6.07) is 5.09. The lowest BCUT2D eigenvalue weighted by molar-refractivity contribution is 0.318. The van der Waals surface area contributed by atoms with E-state index < -0.39 is 9.84 Å². The van der Waals surface area contributed by atoms with Gasteiger partial charge in [0.05, 0.1) is 18.0 Å². The van der Waals surface area contributed by atoms with Gasteiger partial charge in [-0.1, -0.05) is 25.4 Å². The lowest BCUT2D eigenvalue weighted by atomic mass is 10.2. The van der Waals surface area contributed by atoms with Crippen molar-refractivity contribution in [2.24, 2.45) is 0 Å². The van der Waals surface area contributed by atoms with E-state index in [2.05, 4.69) is 5.32 Å². The molecule has 0 aliphatic rings. The minimum absolute atomic E-state index is 0.0865. The molecule has 1 atom stereocenters. The van der Waals surface area contributed by atoms with Gasteiger partial charge in [0, 0.05) is 16.8 Å². The molecule has 0 fully saturated rings. The van der Waals surface area contributed by atoms with E-state index in [4.69, 9.17) is 16.3 Å². The fraction of sp³-hybridized carbons (Fsp3) is 0.571. The van der Waals surface area contributed by atoms with Crippen molar-refractivity contribution in [1.29, 1.82) is 0 Å². The van der Waals surface area contributed by atoms with Crippen molar-refractivity contribution in [3.8, 4) is 5.75 Å². The van der Waals surface area contributed by atoms with E-state index in [1.165, 1.54) is 0 Å². The molecule has 0 spiro atoms. The first kappa shape index (κ1) is 17.1. The van der Waals surface area contributed by atoms with Crippen LogP contribution in [-0.4, -0.2) is 32.6 Å². The Kier molecular flexibility index (Phi) is 6.62. The van der Waals surface area contributed by atoms with Crippen LogP contribution in [0.3, 0.4) is 0 Å². The van der Waals surface area contributed by atoms with Gasteiger partial charge in [0.1, 0.15) is 5.75 Å². The summed E-state index contributed by atoms with van der Waals surface area (Å²) < 4.78 is 28.9. The second-order valence-corrected chi connectivity index (χ2v) is 7.57. The van der Waals surface area contributed by atoms with E-state index in [1.54, 1.807) is 25.1 Å². The van der Waals surface area contributed by atoms with Crippen LogP contribution >= 0.6 is 11.6 Å². The summed E-state index contributed by atoms with van der Waals surface area (Å²) in [4.78, 5) is 0. The number of benzene rings is 1. The van der Waals surface area contributed by atoms with Gasteiger partial charge in [-0.05, 0) is 31.5 Å². The van der Waals surface area contributed by atoms with E-state index in [-0.39, 0.29) is 17.5 Å². The van der Waals surface area contributed by atoms with E-state index in [9.17, 15) is 8.42 Å². The Bertz CT molecular complexity index is 531. The molecule has 0 bridgehead atoms. The predicted molar refractivity (Wildman–Crippen MR) is 84.7 cm³/mol. The zero-order valence-corrected chi connectivity index (χ0v) is 13.7. The third-order valence-corrected chi connectivity index (χ3v) is 4.87. The summed E-state index contributed by atoms with van der Waals surface area (Å²) in [5.74, 6) is 0.925. The Morgan fingerprint density at radius 2 is 2.05 bits per heavy atom. The van der Waals surface area contributed by atoms with Crippen LogP contribution in [0.25, 0.3) is 0 Å². The fourth-order valence-electron chi connectivity index (χ4n) is 1.76. The number of ether oxygens (including phenoxy) is 1. The number of hydrogen-bond acceptors (Lipinski definition) is 4. The van der Waals surface area contributed by atoms with Gasteiger partial charge in [-0.3, -0.25) is 0 Å². The standard InChI is InChI=1S/C14H22ClNO3S/c1-4-8-19-14-7-6-12(15)9-13(14)16-11(3)10-20(17,18)5-2/h6-7,9,11,16H,4-5,8,10H2,1-3H3. The molecule has 4 nitrogen and oxygen atoms in total. The largest absolute Gasteiger partial charge is 0.491 e. The van der Waals surface area contributed by atoms with Crippen LogP contribution in [0.2, 0.25) is 5.02 Å². The first-order valence-electron chi connectivity index (χ1n) is 6.77. The van der Waals surface area contributed by atoms with Crippen LogP contribution in [0.4, 0.5) is 5.69 Å². The number of nitrogens with one attached hydrogen (secondary N) is 1. The number of rotatable bonds is 8. The summed E-state index contributed by atoms with van der Waals surface area (Å²) in [5.41, 5.74) is 0.727. The van der Waals surface area contributed by atoms with Gasteiger partial charge in [-0.15, -0.1) is 0 Å². The third-order valence-electron chi connectivity index (χ3n) is 2.75. The number of anilines is 1. The van der Waals surface area contributed by atoms with Crippen molar-refractivity contribution in [3.63, 3.8) is 0 Å². The lowest BCUT2D eigenvalue weighted by Crippen LogP contribution is -2.27. The van der Waals surface area contributed by atoms with Gasteiger partial charge in [-0.25, -0.2) is 8.42 Å². The maximum absolute atomic E-state index is 11.6. The topological polar surface area (TPSA) is 55.4 Å². The Morgan fingerprint density at radius 1 is 1.35 bits per heavy atom. The van der Waals surface area contributed by atoms with Crippen molar-refractivity contribution < 1.29 is 13.2 Å². The second-order valence-electron chi connectivity index (χ2n) is 4.73. The minimum Gasteiger partial charge on any atom is -0.491 e. The molecule has 20 heavy (non-hydrogen) atoms. The van der Waals surface area contributed by atoms with E-state index in [0.717, 1.165) is 12.1 Å². The molecule has 0 aliphatic carbocycles. The monoisotopic (exact) mass is 319 g/mol. The van der Waals surface area contributed by atoms with E-state index >= 15 is 0 Å². The van der Waals surface area contributed by atoms with Crippen LogP contribution < -0.4 is 10.1 Å². The fourth-order valence-corrected chi connectivity index (χ4v) is 3.01. The van der Waals surface area contributed by atoms with Crippen molar-refractivity contribution in [1.82, 2.24) is 0 Å². The Morgan fingerprint density at radius 3 is 2.65 bits per heavy atom. The van der Waals surface area contributed by atoms with Gasteiger partial charge in [0.15, 0.2) is 9.84 Å². The molecule has 0 saturated carbocycles. The second kappa shape index (κ2) is 7.74. The van der Waals surface area contributed by atoms with Crippen LogP contribution in [0, 0.1) is 0 Å². The van der Waals surface area contributed by atoms with Crippen molar-refractivity contribution >= 4 is 27.1 Å². The Hall–Kier alpha value is -0.940. The molecule has 1 aromatic rings. The molecular weight excluding hydrogens is 298 g/mol. The molecule has 1 rings (SSSR count). The number of hydrogen-bond donors (Lipinski definition) is 1. The van der Waals surface area contributed by atoms with Gasteiger partial charge in [-0.2, -0.15) is 0 Å². The molecule has 0 aromatic heterocycles. The summed E-state index contributed by atoms with van der Waals surface area (Å²) in [7, 11) is -3.02. The van der Waals surface area contributed by atoms with Gasteiger partial charge in [0.25, 0.3) is 0 Å². The molecule has 1 N–H and O–H groups in total. The molecule has 0 aliphatic heterocycles. The zero-order chi connectivity index (χ0) is 15.2. The normalized spacial score (nSPS) is 13.0. The highest BCUT2D eigenvalue weighted by Crippen LogP contribution is 2.28. The molecule has 0 heterocycles. The highest BCUT2D eigenvalue weighted by molar-refractivity contribution is 7.91. The molecule has 0 saturated heterocycles. The third kappa shape index (κ3) is 5.59. The maximum atomic E-state index is 11.6. The average molecular weight is 320 g/mol. The van der Waals surface area contributed by atoms with Crippen LogP contribution in [-0.2, 0) is 9.84 Å². The molecule has 0 radical (unpaired) electrons. The van der Waals surface area contributed by atoms with E-state index in [0.29, 0.717) is 17.4 Å². The summed E-state index contributed by atoms with van der Waals surface area (Å²) in [5, 5.41) is 3.75. The SMILES string of the molecule is CCCOc1ccc(Cl)cc1NC(C)CS(=O)(=O)CC. The van der Waals surface area contributed by atoms with E-state index in [1.807, 2.05) is 13.8 Å². The highest BCUT2D eigenvalue weighted by atomic mass is 35.5.